The molecule has 0 spiro atoms. The third-order valence-corrected chi connectivity index (χ3v) is 8.20. The van der Waals surface area contributed by atoms with Gasteiger partial charge in [0.15, 0.2) is 0 Å². The fraction of sp³-hybridized carbons (Fsp3) is 0.650. The third-order valence-electron chi connectivity index (χ3n) is 8.20. The maximum absolute atomic E-state index is 11.7. The second-order valence-corrected chi connectivity index (χ2v) is 13.3. The molecule has 9 amide bonds. The van der Waals surface area contributed by atoms with Gasteiger partial charge in [-0.05, 0) is 12.8 Å². The average molecular weight is 946 g/mol. The topological polar surface area (TPSA) is 326 Å². The highest BCUT2D eigenvalue weighted by atomic mass is 16.7. The zero-order valence-electron chi connectivity index (χ0n) is 37.5. The van der Waals surface area contributed by atoms with E-state index in [1.165, 1.54) is 19.3 Å². The third kappa shape index (κ3) is 28.1. The highest BCUT2D eigenvalue weighted by molar-refractivity contribution is 6.13. The van der Waals surface area contributed by atoms with Crippen molar-refractivity contribution in [1.82, 2.24) is 30.8 Å². The first kappa shape index (κ1) is 58.1. The van der Waals surface area contributed by atoms with Gasteiger partial charge in [-0.1, -0.05) is 0 Å². The van der Waals surface area contributed by atoms with E-state index in [4.69, 9.17) is 43.6 Å². The molecule has 0 aromatic heterocycles. The van der Waals surface area contributed by atoms with Crippen LogP contribution in [0, 0.1) is 0 Å². The van der Waals surface area contributed by atoms with Crippen LogP contribution < -0.4 is 21.7 Å². The van der Waals surface area contributed by atoms with E-state index in [1.54, 1.807) is 7.11 Å². The largest absolute Gasteiger partial charge is 0.447 e. The highest BCUT2D eigenvalue weighted by Gasteiger charge is 2.33. The molecule has 1 fully saturated rings. The molecule has 0 unspecified atom stereocenters. The Hall–Kier alpha value is -5.90. The van der Waals surface area contributed by atoms with Crippen LogP contribution in [0.3, 0.4) is 0 Å². The van der Waals surface area contributed by atoms with Crippen LogP contribution in [0.15, 0.2) is 24.3 Å². The Balaban J connectivity index is 0.000000517. The van der Waals surface area contributed by atoms with Gasteiger partial charge in [0.25, 0.3) is 35.4 Å². The molecule has 0 saturated carbocycles. The second-order valence-electron chi connectivity index (χ2n) is 13.3. The van der Waals surface area contributed by atoms with Crippen LogP contribution in [0.2, 0.25) is 0 Å². The van der Waals surface area contributed by atoms with Crippen molar-refractivity contribution < 1.29 is 90.7 Å². The molecule has 372 valence electrons. The fourth-order valence-electron chi connectivity index (χ4n) is 4.95. The average Bonchev–Trinajstić information content (AvgIpc) is 3.91. The summed E-state index contributed by atoms with van der Waals surface area (Å²) in [6, 6.07) is 0. The Morgan fingerprint density at radius 3 is 1.33 bits per heavy atom. The predicted octanol–water partition coefficient (Wildman–Crippen LogP) is -2.14. The first-order valence-corrected chi connectivity index (χ1v) is 21.0. The maximum atomic E-state index is 11.7. The number of rotatable bonds is 32. The van der Waals surface area contributed by atoms with Crippen molar-refractivity contribution in [3.05, 3.63) is 24.3 Å². The summed E-state index contributed by atoms with van der Waals surface area (Å²) in [5.41, 5.74) is 5.24. The van der Waals surface area contributed by atoms with E-state index in [9.17, 15) is 47.9 Å². The Bertz CT molecular complexity index is 1560. The molecule has 66 heavy (non-hydrogen) atoms. The van der Waals surface area contributed by atoms with Gasteiger partial charge in [0.1, 0.15) is 13.2 Å². The van der Waals surface area contributed by atoms with Crippen molar-refractivity contribution in [1.29, 1.82) is 0 Å². The van der Waals surface area contributed by atoms with Crippen molar-refractivity contribution in [3.8, 4) is 0 Å². The molecule has 3 aliphatic rings. The molecule has 0 bridgehead atoms. The van der Waals surface area contributed by atoms with Gasteiger partial charge in [0.2, 0.25) is 5.91 Å². The molecular weight excluding hydrogens is 882 g/mol. The van der Waals surface area contributed by atoms with E-state index in [1.807, 2.05) is 0 Å². The molecule has 26 heteroatoms. The van der Waals surface area contributed by atoms with E-state index >= 15 is 0 Å². The minimum absolute atomic E-state index is 0.0363. The molecular formula is C40H63N7O19. The number of carbonyl (C=O) groups is 10. The Morgan fingerprint density at radius 1 is 0.530 bits per heavy atom. The minimum Gasteiger partial charge on any atom is -0.447 e. The number of imide groups is 3. The number of hydroxylamine groups is 2. The van der Waals surface area contributed by atoms with E-state index in [0.717, 1.165) is 22.0 Å². The Morgan fingerprint density at radius 2 is 0.924 bits per heavy atom. The molecule has 3 rings (SSSR count). The number of methoxy groups -OCH3 is 2. The van der Waals surface area contributed by atoms with E-state index in [-0.39, 0.29) is 76.1 Å². The lowest BCUT2D eigenvalue weighted by Gasteiger charge is -2.14. The van der Waals surface area contributed by atoms with Crippen molar-refractivity contribution in [2.24, 2.45) is 5.73 Å². The van der Waals surface area contributed by atoms with Gasteiger partial charge in [0, 0.05) is 103 Å². The number of nitrogens with one attached hydrogen (secondary N) is 3. The van der Waals surface area contributed by atoms with Gasteiger partial charge in [0.05, 0.1) is 66.1 Å². The van der Waals surface area contributed by atoms with Gasteiger partial charge in [-0.15, -0.1) is 5.06 Å². The first-order valence-electron chi connectivity index (χ1n) is 21.0. The van der Waals surface area contributed by atoms with Crippen molar-refractivity contribution in [2.45, 2.75) is 38.5 Å². The van der Waals surface area contributed by atoms with Crippen LogP contribution >= 0.6 is 0 Å². The SMILES string of the molecule is COCCOC(=O)NCCOCCOCCN.COCCOC(=O)NCCOCCOCCNC(=O)CCCN1C(=O)C=CC1=O.O=C(CCCN1C(=O)C=CC1=O)ON1C(=O)CCC1=O. The molecule has 3 aliphatic heterocycles. The van der Waals surface area contributed by atoms with Crippen LogP contribution in [0.4, 0.5) is 9.59 Å². The van der Waals surface area contributed by atoms with Crippen LogP contribution in [0.5, 0.6) is 0 Å². The standard InChI is InChI=1S/C18H29N3O8.C12H12N2O6.C10H22N2O5/c1-26-11-14-29-18(25)20-7-10-28-13-12-27-9-6-19-15(22)3-2-8-21-16(23)4-5-17(21)24;15-8-3-4-9(16)13(8)7-1-2-12(19)20-14-10(17)5-6-11(14)18;1-14-6-9-17-10(13)12-3-5-16-8-7-15-4-2-11/h4-5H,2-3,6-14H2,1H3,(H,19,22)(H,20,25);3-4H,1-2,5-7H2;2-9,11H2,1H3,(H,12,13). The normalized spacial score (nSPS) is 14.0. The number of hydrogen-bond donors (Lipinski definition) is 4. The molecule has 0 aliphatic carbocycles. The van der Waals surface area contributed by atoms with Gasteiger partial charge in [-0.3, -0.25) is 43.4 Å². The number of alkyl carbamates (subject to hydrolysis) is 2. The number of nitrogens with two attached hydrogens (primary N) is 1. The lowest BCUT2D eigenvalue weighted by Crippen LogP contribution is -2.33. The molecule has 0 aromatic carbocycles. The summed E-state index contributed by atoms with van der Waals surface area (Å²) in [7, 11) is 3.07. The summed E-state index contributed by atoms with van der Waals surface area (Å²) in [6.45, 7) is 6.44. The van der Waals surface area contributed by atoms with Crippen LogP contribution in [-0.4, -0.2) is 207 Å². The molecule has 0 radical (unpaired) electrons. The Labute approximate surface area is 381 Å². The van der Waals surface area contributed by atoms with Gasteiger partial charge < -0.3 is 64.4 Å². The summed E-state index contributed by atoms with van der Waals surface area (Å²) in [4.78, 5) is 120. The first-order chi connectivity index (χ1) is 31.8. The zero-order chi connectivity index (χ0) is 48.8. The summed E-state index contributed by atoms with van der Waals surface area (Å²) >= 11 is 0. The molecule has 5 N–H and O–H groups in total. The van der Waals surface area contributed by atoms with Crippen LogP contribution in [0.25, 0.3) is 0 Å². The lowest BCUT2D eigenvalue weighted by molar-refractivity contribution is -0.197. The molecule has 0 atom stereocenters. The monoisotopic (exact) mass is 945 g/mol. The quantitative estimate of drug-likeness (QED) is 0.0413. The van der Waals surface area contributed by atoms with Crippen LogP contribution in [-0.2, 0) is 81.1 Å². The zero-order valence-corrected chi connectivity index (χ0v) is 37.5. The van der Waals surface area contributed by atoms with Crippen molar-refractivity contribution in [2.75, 3.05) is 133 Å². The number of carbonyl (C=O) groups excluding carboxylic acids is 10. The second kappa shape index (κ2) is 37.3. The summed E-state index contributed by atoms with van der Waals surface area (Å²) in [5.74, 6) is -3.54. The Kier molecular flexibility index (Phi) is 32.9. The smallest absolute Gasteiger partial charge is 0.407 e. The van der Waals surface area contributed by atoms with Gasteiger partial charge >= 0.3 is 18.2 Å². The summed E-state index contributed by atoms with van der Waals surface area (Å²) < 4.78 is 40.0. The van der Waals surface area contributed by atoms with E-state index in [0.29, 0.717) is 104 Å². The molecule has 26 nitrogen and oxygen atoms in total. The van der Waals surface area contributed by atoms with E-state index < -0.39 is 41.8 Å². The maximum Gasteiger partial charge on any atom is 0.407 e. The van der Waals surface area contributed by atoms with Crippen LogP contribution in [0.1, 0.15) is 38.5 Å². The summed E-state index contributed by atoms with van der Waals surface area (Å²) in [5, 5.41) is 8.24. The number of ether oxygens (including phenoxy) is 8. The fourth-order valence-corrected chi connectivity index (χ4v) is 4.95. The minimum atomic E-state index is -0.749. The van der Waals surface area contributed by atoms with Crippen molar-refractivity contribution in [3.63, 3.8) is 0 Å². The molecule has 0 aromatic rings. The number of nitrogens with zero attached hydrogens (tertiary/aromatic N) is 3. The predicted molar refractivity (Wildman–Crippen MR) is 225 cm³/mol. The number of amides is 9. The van der Waals surface area contributed by atoms with Gasteiger partial charge in [-0.2, -0.15) is 0 Å². The van der Waals surface area contributed by atoms with E-state index in [2.05, 4.69) is 20.8 Å². The molecule has 1 saturated heterocycles. The highest BCUT2D eigenvalue weighted by Crippen LogP contribution is 2.13. The summed E-state index contributed by atoms with van der Waals surface area (Å²) in [6.07, 6.45) is 4.57. The van der Waals surface area contributed by atoms with Crippen molar-refractivity contribution >= 4 is 59.5 Å². The van der Waals surface area contributed by atoms with Gasteiger partial charge in [-0.25, -0.2) is 14.4 Å². The molecule has 3 heterocycles. The lowest BCUT2D eigenvalue weighted by atomic mass is 10.3. The number of hydrogen-bond acceptors (Lipinski definition) is 20.